The van der Waals surface area contributed by atoms with Crippen LogP contribution in [0.1, 0.15) is 15.2 Å². The lowest BCUT2D eigenvalue weighted by molar-refractivity contribution is 0.0948. The smallest absolute Gasteiger partial charge is 0.254 e. The predicted molar refractivity (Wildman–Crippen MR) is 72.2 cm³/mol. The van der Waals surface area contributed by atoms with Crippen molar-refractivity contribution in [3.05, 3.63) is 50.4 Å². The van der Waals surface area contributed by atoms with Crippen LogP contribution < -0.4 is 5.32 Å². The molecule has 0 saturated heterocycles. The fraction of sp³-hybridized carbons (Fsp3) is 0.167. The zero-order valence-electron chi connectivity index (χ0n) is 9.62. The number of nitrogens with zero attached hydrogens (tertiary/aromatic N) is 1. The molecule has 0 unspecified atom stereocenters. The Morgan fingerprint density at radius 2 is 2.16 bits per heavy atom. The van der Waals surface area contributed by atoms with Crippen molar-refractivity contribution < 1.29 is 13.6 Å². The average molecular weight is 347 g/mol. The molecule has 0 fully saturated rings. The number of nitrogens with one attached hydrogen (secondary N) is 1. The van der Waals surface area contributed by atoms with Crippen LogP contribution in [0.2, 0.25) is 0 Å². The van der Waals surface area contributed by atoms with Crippen molar-refractivity contribution >= 4 is 33.2 Å². The number of hydrogen-bond donors (Lipinski definition) is 1. The summed E-state index contributed by atoms with van der Waals surface area (Å²) in [5.74, 6) is -3.14. The summed E-state index contributed by atoms with van der Waals surface area (Å²) < 4.78 is 27.2. The molecule has 0 aliphatic heterocycles. The predicted octanol–water partition coefficient (Wildman–Crippen LogP) is 3.16. The van der Waals surface area contributed by atoms with E-state index in [0.29, 0.717) is 13.0 Å². The summed E-state index contributed by atoms with van der Waals surface area (Å²) in [5, 5.41) is 2.54. The number of carbonyl (C=O) groups is 1. The molecule has 1 N–H and O–H groups in total. The highest BCUT2D eigenvalue weighted by atomic mass is 79.9. The second kappa shape index (κ2) is 6.21. The van der Waals surface area contributed by atoms with Gasteiger partial charge in [-0.05, 0) is 40.5 Å². The van der Waals surface area contributed by atoms with Crippen LogP contribution in [0.5, 0.6) is 0 Å². The monoisotopic (exact) mass is 346 g/mol. The van der Waals surface area contributed by atoms with E-state index in [2.05, 4.69) is 26.2 Å². The molecule has 2 aromatic rings. The molecular formula is C12H9BrF2N2OS. The zero-order valence-corrected chi connectivity index (χ0v) is 12.0. The Morgan fingerprint density at radius 1 is 1.37 bits per heavy atom. The molecule has 19 heavy (non-hydrogen) atoms. The normalized spacial score (nSPS) is 10.5. The van der Waals surface area contributed by atoms with E-state index < -0.39 is 17.7 Å². The first-order valence-electron chi connectivity index (χ1n) is 5.40. The van der Waals surface area contributed by atoms with Gasteiger partial charge in [0.15, 0.2) is 5.82 Å². The summed E-state index contributed by atoms with van der Waals surface area (Å²) in [7, 11) is 0. The van der Waals surface area contributed by atoms with Crippen molar-refractivity contribution in [1.82, 2.24) is 10.3 Å². The molecule has 1 amide bonds. The minimum Gasteiger partial charge on any atom is -0.352 e. The van der Waals surface area contributed by atoms with Crippen LogP contribution in [0.15, 0.2) is 28.2 Å². The number of rotatable bonds is 4. The maximum Gasteiger partial charge on any atom is 0.254 e. The van der Waals surface area contributed by atoms with E-state index in [1.807, 2.05) is 12.1 Å². The van der Waals surface area contributed by atoms with Gasteiger partial charge in [-0.1, -0.05) is 0 Å². The standard InChI is InChI=1S/C12H9BrF2N2OS/c13-9-2-1-7(19-9)3-5-17-12(18)8-4-6-16-11(15)10(8)14/h1-2,4,6H,3,5H2,(H,17,18). The highest BCUT2D eigenvalue weighted by Crippen LogP contribution is 2.22. The Morgan fingerprint density at radius 3 is 2.84 bits per heavy atom. The quantitative estimate of drug-likeness (QED) is 0.864. The van der Waals surface area contributed by atoms with Crippen LogP contribution in [0, 0.1) is 11.8 Å². The molecule has 2 aromatic heterocycles. The lowest BCUT2D eigenvalue weighted by Gasteiger charge is -2.05. The maximum atomic E-state index is 13.3. The average Bonchev–Trinajstić information content (AvgIpc) is 2.78. The first-order valence-corrected chi connectivity index (χ1v) is 7.01. The second-order valence-electron chi connectivity index (χ2n) is 3.68. The SMILES string of the molecule is O=C(NCCc1ccc(Br)s1)c1ccnc(F)c1F. The van der Waals surface area contributed by atoms with E-state index >= 15 is 0 Å². The summed E-state index contributed by atoms with van der Waals surface area (Å²) in [6.07, 6.45) is 1.70. The minimum absolute atomic E-state index is 0.333. The number of amides is 1. The summed E-state index contributed by atoms with van der Waals surface area (Å²) in [6, 6.07) is 5.00. The van der Waals surface area contributed by atoms with Gasteiger partial charge in [0.25, 0.3) is 5.91 Å². The minimum atomic E-state index is -1.27. The van der Waals surface area contributed by atoms with Gasteiger partial charge in [-0.15, -0.1) is 11.3 Å². The van der Waals surface area contributed by atoms with Gasteiger partial charge in [0.1, 0.15) is 0 Å². The van der Waals surface area contributed by atoms with E-state index in [1.165, 1.54) is 0 Å². The molecule has 7 heteroatoms. The molecule has 0 atom stereocenters. The second-order valence-corrected chi connectivity index (χ2v) is 6.22. The number of carbonyl (C=O) groups excluding carboxylic acids is 1. The zero-order chi connectivity index (χ0) is 13.8. The van der Waals surface area contributed by atoms with E-state index in [9.17, 15) is 13.6 Å². The van der Waals surface area contributed by atoms with Gasteiger partial charge in [0.2, 0.25) is 5.95 Å². The van der Waals surface area contributed by atoms with Crippen molar-refractivity contribution in [3.63, 3.8) is 0 Å². The summed E-state index contributed by atoms with van der Waals surface area (Å²) in [4.78, 5) is 15.9. The van der Waals surface area contributed by atoms with Gasteiger partial charge in [-0.2, -0.15) is 4.39 Å². The molecule has 0 aromatic carbocycles. The Kier molecular flexibility index (Phi) is 4.60. The molecule has 3 nitrogen and oxygen atoms in total. The van der Waals surface area contributed by atoms with E-state index in [0.717, 1.165) is 20.9 Å². The van der Waals surface area contributed by atoms with E-state index in [1.54, 1.807) is 11.3 Å². The highest BCUT2D eigenvalue weighted by molar-refractivity contribution is 9.11. The number of hydrogen-bond acceptors (Lipinski definition) is 3. The van der Waals surface area contributed by atoms with Crippen LogP contribution in [-0.4, -0.2) is 17.4 Å². The Labute approximate surface area is 120 Å². The number of halogens is 3. The third-order valence-corrected chi connectivity index (χ3v) is 4.06. The first kappa shape index (κ1) is 14.1. The van der Waals surface area contributed by atoms with Crippen molar-refractivity contribution in [2.45, 2.75) is 6.42 Å². The van der Waals surface area contributed by atoms with Crippen molar-refractivity contribution in [3.8, 4) is 0 Å². The van der Waals surface area contributed by atoms with Crippen LogP contribution >= 0.6 is 27.3 Å². The fourth-order valence-corrected chi connectivity index (χ4v) is 2.96. The van der Waals surface area contributed by atoms with Crippen molar-refractivity contribution in [1.29, 1.82) is 0 Å². The molecule has 0 spiro atoms. The van der Waals surface area contributed by atoms with Crippen molar-refractivity contribution in [2.24, 2.45) is 0 Å². The van der Waals surface area contributed by atoms with Crippen LogP contribution in [-0.2, 0) is 6.42 Å². The summed E-state index contributed by atoms with van der Waals surface area (Å²) in [5.41, 5.74) is -0.333. The molecule has 0 saturated carbocycles. The van der Waals surface area contributed by atoms with Crippen LogP contribution in [0.25, 0.3) is 0 Å². The molecule has 2 rings (SSSR count). The van der Waals surface area contributed by atoms with Gasteiger partial charge in [-0.25, -0.2) is 9.37 Å². The van der Waals surface area contributed by atoms with E-state index in [4.69, 9.17) is 0 Å². The lowest BCUT2D eigenvalue weighted by atomic mass is 10.2. The largest absolute Gasteiger partial charge is 0.352 e. The van der Waals surface area contributed by atoms with Crippen LogP contribution in [0.4, 0.5) is 8.78 Å². The molecule has 0 radical (unpaired) electrons. The number of aromatic nitrogens is 1. The van der Waals surface area contributed by atoms with Gasteiger partial charge < -0.3 is 5.32 Å². The molecule has 100 valence electrons. The maximum absolute atomic E-state index is 13.3. The van der Waals surface area contributed by atoms with Crippen molar-refractivity contribution in [2.75, 3.05) is 6.54 Å². The Balaban J connectivity index is 1.93. The third kappa shape index (κ3) is 3.57. The van der Waals surface area contributed by atoms with Gasteiger partial charge in [0.05, 0.1) is 9.35 Å². The van der Waals surface area contributed by atoms with Gasteiger partial charge in [0, 0.05) is 17.6 Å². The van der Waals surface area contributed by atoms with Gasteiger partial charge >= 0.3 is 0 Å². The van der Waals surface area contributed by atoms with E-state index in [-0.39, 0.29) is 5.56 Å². The first-order chi connectivity index (χ1) is 9.08. The van der Waals surface area contributed by atoms with Gasteiger partial charge in [-0.3, -0.25) is 4.79 Å². The Bertz CT molecular complexity index is 603. The molecular weight excluding hydrogens is 338 g/mol. The third-order valence-electron chi connectivity index (χ3n) is 2.38. The molecule has 0 aliphatic rings. The fourth-order valence-electron chi connectivity index (χ4n) is 1.47. The molecule has 2 heterocycles. The highest BCUT2D eigenvalue weighted by Gasteiger charge is 2.15. The Hall–Kier alpha value is -1.34. The summed E-state index contributed by atoms with van der Waals surface area (Å²) in [6.45, 7) is 0.356. The number of pyridine rings is 1. The topological polar surface area (TPSA) is 42.0 Å². The lowest BCUT2D eigenvalue weighted by Crippen LogP contribution is -2.26. The summed E-state index contributed by atoms with van der Waals surface area (Å²) >= 11 is 4.90. The molecule has 0 bridgehead atoms. The number of thiophene rings is 1. The molecule has 0 aliphatic carbocycles. The van der Waals surface area contributed by atoms with Crippen LogP contribution in [0.3, 0.4) is 0 Å².